The molecule has 2 amide bonds. The van der Waals surface area contributed by atoms with E-state index in [2.05, 4.69) is 15.7 Å². The van der Waals surface area contributed by atoms with Gasteiger partial charge >= 0.3 is 6.03 Å². The summed E-state index contributed by atoms with van der Waals surface area (Å²) < 4.78 is 7.02. The summed E-state index contributed by atoms with van der Waals surface area (Å²) in [5.41, 5.74) is 2.88. The number of methoxy groups -OCH3 is 1. The second kappa shape index (κ2) is 7.53. The molecular weight excluding hydrogens is 316 g/mol. The average molecular weight is 336 g/mol. The molecule has 0 aliphatic heterocycles. The van der Waals surface area contributed by atoms with E-state index >= 15 is 0 Å². The van der Waals surface area contributed by atoms with Crippen LogP contribution in [0, 0.1) is 0 Å². The van der Waals surface area contributed by atoms with Crippen LogP contribution in [0.5, 0.6) is 5.75 Å². The Bertz CT molecular complexity index is 859. The number of nitrogens with zero attached hydrogens (tertiary/aromatic N) is 2. The molecule has 1 aromatic heterocycles. The molecule has 6 nitrogen and oxygen atoms in total. The SMILES string of the molecule is COc1ccccc1CNC(=O)Nc1cc(-c2ccccc2)n(C)n1. The average Bonchev–Trinajstić information content (AvgIpc) is 3.01. The highest BCUT2D eigenvalue weighted by atomic mass is 16.5. The standard InChI is InChI=1S/C19H20N4O2/c1-23-16(14-8-4-3-5-9-14)12-18(22-23)21-19(24)20-13-15-10-6-7-11-17(15)25-2/h3-12H,13H2,1-2H3,(H2,20,21,22,24). The molecule has 25 heavy (non-hydrogen) atoms. The molecule has 0 radical (unpaired) electrons. The maximum atomic E-state index is 12.1. The predicted octanol–water partition coefficient (Wildman–Crippen LogP) is 3.42. The Hall–Kier alpha value is -3.28. The third kappa shape index (κ3) is 3.98. The molecule has 0 aliphatic carbocycles. The number of amides is 2. The summed E-state index contributed by atoms with van der Waals surface area (Å²) in [7, 11) is 3.46. The second-order valence-corrected chi connectivity index (χ2v) is 5.52. The second-order valence-electron chi connectivity index (χ2n) is 5.52. The molecule has 0 aliphatic rings. The van der Waals surface area contributed by atoms with Crippen LogP contribution in [0.1, 0.15) is 5.56 Å². The van der Waals surface area contributed by atoms with Crippen LogP contribution in [0.4, 0.5) is 10.6 Å². The molecule has 6 heteroatoms. The number of para-hydroxylation sites is 1. The highest BCUT2D eigenvalue weighted by Crippen LogP contribution is 2.21. The highest BCUT2D eigenvalue weighted by molar-refractivity contribution is 5.88. The van der Waals surface area contributed by atoms with Gasteiger partial charge in [-0.05, 0) is 11.6 Å². The Morgan fingerprint density at radius 3 is 2.60 bits per heavy atom. The number of hydrogen-bond donors (Lipinski definition) is 2. The lowest BCUT2D eigenvalue weighted by Gasteiger charge is -2.09. The van der Waals surface area contributed by atoms with E-state index in [9.17, 15) is 4.79 Å². The summed E-state index contributed by atoms with van der Waals surface area (Å²) in [6.45, 7) is 0.369. The maximum Gasteiger partial charge on any atom is 0.320 e. The van der Waals surface area contributed by atoms with Gasteiger partial charge in [-0.15, -0.1) is 0 Å². The lowest BCUT2D eigenvalue weighted by atomic mass is 10.1. The number of carbonyl (C=O) groups is 1. The third-order valence-corrected chi connectivity index (χ3v) is 3.82. The fourth-order valence-electron chi connectivity index (χ4n) is 2.59. The summed E-state index contributed by atoms with van der Waals surface area (Å²) in [6.07, 6.45) is 0. The first-order valence-electron chi connectivity index (χ1n) is 7.93. The van der Waals surface area contributed by atoms with E-state index in [1.54, 1.807) is 11.8 Å². The van der Waals surface area contributed by atoms with E-state index < -0.39 is 0 Å². The molecule has 128 valence electrons. The Morgan fingerprint density at radius 2 is 1.84 bits per heavy atom. The zero-order valence-electron chi connectivity index (χ0n) is 14.2. The van der Waals surface area contributed by atoms with Gasteiger partial charge in [-0.1, -0.05) is 48.5 Å². The van der Waals surface area contributed by atoms with Gasteiger partial charge in [0.2, 0.25) is 0 Å². The first-order valence-corrected chi connectivity index (χ1v) is 7.93. The Kier molecular flexibility index (Phi) is 4.99. The van der Waals surface area contributed by atoms with Crippen molar-refractivity contribution in [3.05, 3.63) is 66.2 Å². The molecule has 1 heterocycles. The number of benzene rings is 2. The minimum absolute atomic E-state index is 0.316. The van der Waals surface area contributed by atoms with Gasteiger partial charge in [0.05, 0.1) is 12.8 Å². The molecule has 0 spiro atoms. The van der Waals surface area contributed by atoms with Crippen LogP contribution in [0.25, 0.3) is 11.3 Å². The van der Waals surface area contributed by atoms with Crippen molar-refractivity contribution in [2.45, 2.75) is 6.54 Å². The van der Waals surface area contributed by atoms with Gasteiger partial charge in [-0.2, -0.15) is 5.10 Å². The lowest BCUT2D eigenvalue weighted by Crippen LogP contribution is -2.28. The molecular formula is C19H20N4O2. The van der Waals surface area contributed by atoms with Crippen molar-refractivity contribution in [2.24, 2.45) is 7.05 Å². The topological polar surface area (TPSA) is 68.2 Å². The first kappa shape index (κ1) is 16.6. The lowest BCUT2D eigenvalue weighted by molar-refractivity contribution is 0.251. The van der Waals surface area contributed by atoms with E-state index in [0.717, 1.165) is 22.6 Å². The van der Waals surface area contributed by atoms with Crippen molar-refractivity contribution < 1.29 is 9.53 Å². The normalized spacial score (nSPS) is 10.3. The van der Waals surface area contributed by atoms with E-state index in [-0.39, 0.29) is 6.03 Å². The van der Waals surface area contributed by atoms with E-state index in [0.29, 0.717) is 12.4 Å². The van der Waals surface area contributed by atoms with Gasteiger partial charge in [-0.25, -0.2) is 4.79 Å². The number of carbonyl (C=O) groups excluding carboxylic acids is 1. The summed E-state index contributed by atoms with van der Waals surface area (Å²) in [5, 5.41) is 9.90. The number of anilines is 1. The third-order valence-electron chi connectivity index (χ3n) is 3.82. The number of aromatic nitrogens is 2. The molecule has 0 saturated heterocycles. The summed E-state index contributed by atoms with van der Waals surface area (Å²) >= 11 is 0. The number of ether oxygens (including phenoxy) is 1. The zero-order chi connectivity index (χ0) is 17.6. The minimum Gasteiger partial charge on any atom is -0.496 e. The minimum atomic E-state index is -0.316. The van der Waals surface area contributed by atoms with Crippen LogP contribution in [0.3, 0.4) is 0 Å². The molecule has 3 rings (SSSR count). The summed E-state index contributed by atoms with van der Waals surface area (Å²) in [4.78, 5) is 12.1. The summed E-state index contributed by atoms with van der Waals surface area (Å²) in [6, 6.07) is 19.0. The highest BCUT2D eigenvalue weighted by Gasteiger charge is 2.10. The predicted molar refractivity (Wildman–Crippen MR) is 97.5 cm³/mol. The number of nitrogens with one attached hydrogen (secondary N) is 2. The first-order chi connectivity index (χ1) is 12.2. The van der Waals surface area contributed by atoms with E-state index in [1.165, 1.54) is 0 Å². The molecule has 0 bridgehead atoms. The van der Waals surface area contributed by atoms with Gasteiger partial charge in [0, 0.05) is 25.2 Å². The maximum absolute atomic E-state index is 12.1. The largest absolute Gasteiger partial charge is 0.496 e. The molecule has 2 N–H and O–H groups in total. The van der Waals surface area contributed by atoms with Crippen LogP contribution >= 0.6 is 0 Å². The molecule has 3 aromatic rings. The van der Waals surface area contributed by atoms with Crippen LogP contribution < -0.4 is 15.4 Å². The molecule has 2 aromatic carbocycles. The molecule has 0 unspecified atom stereocenters. The Labute approximate surface area is 146 Å². The molecule has 0 atom stereocenters. The number of aryl methyl sites for hydroxylation is 1. The van der Waals surface area contributed by atoms with Gasteiger partial charge < -0.3 is 10.1 Å². The van der Waals surface area contributed by atoms with Gasteiger partial charge in [0.25, 0.3) is 0 Å². The van der Waals surface area contributed by atoms with Crippen LogP contribution in [0.2, 0.25) is 0 Å². The molecule has 0 saturated carbocycles. The number of rotatable bonds is 5. The Balaban J connectivity index is 1.64. The van der Waals surface area contributed by atoms with Crippen molar-refractivity contribution in [2.75, 3.05) is 12.4 Å². The van der Waals surface area contributed by atoms with Crippen molar-refractivity contribution in [3.8, 4) is 17.0 Å². The van der Waals surface area contributed by atoms with Crippen LogP contribution in [-0.4, -0.2) is 22.9 Å². The van der Waals surface area contributed by atoms with Crippen molar-refractivity contribution in [1.82, 2.24) is 15.1 Å². The van der Waals surface area contributed by atoms with E-state index in [4.69, 9.17) is 4.74 Å². The monoisotopic (exact) mass is 336 g/mol. The van der Waals surface area contributed by atoms with Crippen LogP contribution in [0.15, 0.2) is 60.7 Å². The Morgan fingerprint density at radius 1 is 1.12 bits per heavy atom. The van der Waals surface area contributed by atoms with Crippen molar-refractivity contribution >= 4 is 11.8 Å². The fourth-order valence-corrected chi connectivity index (χ4v) is 2.59. The quantitative estimate of drug-likeness (QED) is 0.750. The van der Waals surface area contributed by atoms with Gasteiger partial charge in [0.15, 0.2) is 5.82 Å². The van der Waals surface area contributed by atoms with Crippen molar-refractivity contribution in [1.29, 1.82) is 0 Å². The summed E-state index contributed by atoms with van der Waals surface area (Å²) in [5.74, 6) is 1.24. The zero-order valence-corrected chi connectivity index (χ0v) is 14.2. The smallest absolute Gasteiger partial charge is 0.320 e. The van der Waals surface area contributed by atoms with E-state index in [1.807, 2.05) is 67.7 Å². The molecule has 0 fully saturated rings. The fraction of sp³-hybridized carbons (Fsp3) is 0.158. The number of hydrogen-bond acceptors (Lipinski definition) is 3. The van der Waals surface area contributed by atoms with Crippen molar-refractivity contribution in [3.63, 3.8) is 0 Å². The van der Waals surface area contributed by atoms with Gasteiger partial charge in [-0.3, -0.25) is 10.00 Å². The van der Waals surface area contributed by atoms with Gasteiger partial charge in [0.1, 0.15) is 5.75 Å². The van der Waals surface area contributed by atoms with Crippen LogP contribution in [-0.2, 0) is 13.6 Å². The number of urea groups is 1.